The van der Waals surface area contributed by atoms with E-state index in [1.54, 1.807) is 19.1 Å². The number of hydrogen-bond acceptors (Lipinski definition) is 3. The second kappa shape index (κ2) is 4.52. The van der Waals surface area contributed by atoms with Gasteiger partial charge in [0.25, 0.3) is 0 Å². The Balaban J connectivity index is 3.25. The van der Waals surface area contributed by atoms with Crippen LogP contribution in [0.1, 0.15) is 22.8 Å². The van der Waals surface area contributed by atoms with Crippen LogP contribution in [0.5, 0.6) is 0 Å². The molecule has 0 fully saturated rings. The van der Waals surface area contributed by atoms with Crippen molar-refractivity contribution in [2.75, 3.05) is 10.5 Å². The van der Waals surface area contributed by atoms with E-state index in [0.717, 1.165) is 0 Å². The van der Waals surface area contributed by atoms with Crippen LogP contribution in [0.15, 0.2) is 18.2 Å². The van der Waals surface area contributed by atoms with E-state index < -0.39 is 16.0 Å². The first-order chi connectivity index (χ1) is 7.37. The number of carboxylic acids is 1. The zero-order chi connectivity index (χ0) is 12.3. The molecule has 0 saturated heterocycles. The molecule has 0 spiro atoms. The summed E-state index contributed by atoms with van der Waals surface area (Å²) in [5.41, 5.74) is 0.609. The summed E-state index contributed by atoms with van der Waals surface area (Å²) in [5, 5.41) is 8.98. The van der Waals surface area contributed by atoms with Gasteiger partial charge in [-0.15, -0.1) is 0 Å². The van der Waals surface area contributed by atoms with Gasteiger partial charge in [-0.2, -0.15) is 0 Å². The predicted octanol–water partition coefficient (Wildman–Crippen LogP) is 1.45. The van der Waals surface area contributed by atoms with Crippen LogP contribution in [0.25, 0.3) is 0 Å². The van der Waals surface area contributed by atoms with Crippen molar-refractivity contribution in [3.8, 4) is 0 Å². The number of aromatic carboxylic acids is 1. The number of rotatable bonds is 4. The monoisotopic (exact) mass is 243 g/mol. The van der Waals surface area contributed by atoms with Crippen molar-refractivity contribution in [1.29, 1.82) is 0 Å². The highest BCUT2D eigenvalue weighted by atomic mass is 32.2. The van der Waals surface area contributed by atoms with E-state index >= 15 is 0 Å². The lowest BCUT2D eigenvalue weighted by Gasteiger charge is -2.10. The van der Waals surface area contributed by atoms with Gasteiger partial charge in [0.1, 0.15) is 0 Å². The van der Waals surface area contributed by atoms with Gasteiger partial charge >= 0.3 is 5.97 Å². The molecule has 0 aliphatic carbocycles. The van der Waals surface area contributed by atoms with Gasteiger partial charge in [-0.25, -0.2) is 13.2 Å². The van der Waals surface area contributed by atoms with Gasteiger partial charge in [-0.05, 0) is 25.5 Å². The summed E-state index contributed by atoms with van der Waals surface area (Å²) in [6.45, 7) is 3.10. The van der Waals surface area contributed by atoms with E-state index in [0.29, 0.717) is 5.56 Å². The summed E-state index contributed by atoms with van der Waals surface area (Å²) in [4.78, 5) is 11.0. The molecule has 1 aromatic carbocycles. The molecule has 6 heteroatoms. The highest BCUT2D eigenvalue weighted by Crippen LogP contribution is 2.20. The Bertz CT molecular complexity index is 508. The third-order valence-corrected chi connectivity index (χ3v) is 3.42. The number of carbonyl (C=O) groups is 1. The molecular weight excluding hydrogens is 230 g/mol. The van der Waals surface area contributed by atoms with E-state index in [-0.39, 0.29) is 17.0 Å². The van der Waals surface area contributed by atoms with Crippen molar-refractivity contribution >= 4 is 21.7 Å². The van der Waals surface area contributed by atoms with Crippen molar-refractivity contribution in [1.82, 2.24) is 0 Å². The maximum atomic E-state index is 11.4. The first kappa shape index (κ1) is 12.5. The van der Waals surface area contributed by atoms with E-state index in [1.807, 2.05) is 0 Å². The molecule has 0 radical (unpaired) electrons. The van der Waals surface area contributed by atoms with E-state index in [1.165, 1.54) is 13.0 Å². The Morgan fingerprint density at radius 3 is 2.56 bits per heavy atom. The fraction of sp³-hybridized carbons (Fsp3) is 0.300. The molecule has 0 amide bonds. The molecule has 0 heterocycles. The van der Waals surface area contributed by atoms with Crippen molar-refractivity contribution in [3.05, 3.63) is 29.3 Å². The lowest BCUT2D eigenvalue weighted by molar-refractivity contribution is 0.0697. The third kappa shape index (κ3) is 2.73. The number of benzene rings is 1. The van der Waals surface area contributed by atoms with Gasteiger partial charge < -0.3 is 5.11 Å². The molecular formula is C10H13NO4S. The molecule has 0 bridgehead atoms. The molecule has 1 aromatic rings. The maximum Gasteiger partial charge on any atom is 0.338 e. The molecule has 88 valence electrons. The van der Waals surface area contributed by atoms with Crippen LogP contribution in [0.2, 0.25) is 0 Å². The quantitative estimate of drug-likeness (QED) is 0.838. The van der Waals surface area contributed by atoms with Gasteiger partial charge in [0.2, 0.25) is 10.0 Å². The van der Waals surface area contributed by atoms with Crippen LogP contribution in [0.3, 0.4) is 0 Å². The van der Waals surface area contributed by atoms with Gasteiger partial charge in [0.05, 0.1) is 17.0 Å². The summed E-state index contributed by atoms with van der Waals surface area (Å²) < 4.78 is 25.0. The molecule has 0 aliphatic rings. The highest BCUT2D eigenvalue weighted by molar-refractivity contribution is 7.92. The Morgan fingerprint density at radius 2 is 2.06 bits per heavy atom. The molecule has 1 rings (SSSR count). The topological polar surface area (TPSA) is 83.5 Å². The SMILES string of the molecule is CCS(=O)(=O)Nc1cccc(C)c1C(=O)O. The second-order valence-corrected chi connectivity index (χ2v) is 5.32. The number of anilines is 1. The lowest BCUT2D eigenvalue weighted by Crippen LogP contribution is -2.17. The Kier molecular flexibility index (Phi) is 3.54. The predicted molar refractivity (Wildman–Crippen MR) is 61.2 cm³/mol. The summed E-state index contributed by atoms with van der Waals surface area (Å²) in [5.74, 6) is -1.24. The molecule has 2 N–H and O–H groups in total. The Hall–Kier alpha value is -1.56. The van der Waals surface area contributed by atoms with Crippen LogP contribution < -0.4 is 4.72 Å². The summed E-state index contributed by atoms with van der Waals surface area (Å²) in [6, 6.07) is 4.66. The standard InChI is InChI=1S/C10H13NO4S/c1-3-16(14,15)11-8-6-4-5-7(2)9(8)10(12)13/h4-6,11H,3H2,1-2H3,(H,12,13). The third-order valence-electron chi connectivity index (χ3n) is 2.13. The van der Waals surface area contributed by atoms with Crippen LogP contribution in [0.4, 0.5) is 5.69 Å². The molecule has 5 nitrogen and oxygen atoms in total. The van der Waals surface area contributed by atoms with Crippen molar-refractivity contribution in [3.63, 3.8) is 0 Å². The first-order valence-electron chi connectivity index (χ1n) is 4.70. The largest absolute Gasteiger partial charge is 0.478 e. The van der Waals surface area contributed by atoms with Crippen molar-refractivity contribution in [2.24, 2.45) is 0 Å². The van der Waals surface area contributed by atoms with Crippen LogP contribution in [-0.4, -0.2) is 25.2 Å². The number of sulfonamides is 1. The summed E-state index contributed by atoms with van der Waals surface area (Å²) in [6.07, 6.45) is 0. The molecule has 0 aliphatic heterocycles. The van der Waals surface area contributed by atoms with Gasteiger partial charge in [0.15, 0.2) is 0 Å². The number of aryl methyl sites for hydroxylation is 1. The lowest BCUT2D eigenvalue weighted by atomic mass is 10.1. The minimum Gasteiger partial charge on any atom is -0.478 e. The molecule has 16 heavy (non-hydrogen) atoms. The summed E-state index contributed by atoms with van der Waals surface area (Å²) >= 11 is 0. The van der Waals surface area contributed by atoms with Crippen molar-refractivity contribution < 1.29 is 18.3 Å². The molecule has 0 unspecified atom stereocenters. The highest BCUT2D eigenvalue weighted by Gasteiger charge is 2.16. The zero-order valence-electron chi connectivity index (χ0n) is 9.02. The number of hydrogen-bond donors (Lipinski definition) is 2. The maximum absolute atomic E-state index is 11.4. The Labute approximate surface area is 94.2 Å². The molecule has 0 saturated carbocycles. The van der Waals surface area contributed by atoms with Crippen molar-refractivity contribution in [2.45, 2.75) is 13.8 Å². The molecule has 0 aromatic heterocycles. The zero-order valence-corrected chi connectivity index (χ0v) is 9.84. The average molecular weight is 243 g/mol. The van der Waals surface area contributed by atoms with Crippen LogP contribution in [-0.2, 0) is 10.0 Å². The van der Waals surface area contributed by atoms with E-state index in [4.69, 9.17) is 5.11 Å². The number of carboxylic acid groups (broad SMARTS) is 1. The Morgan fingerprint density at radius 1 is 1.44 bits per heavy atom. The van der Waals surface area contributed by atoms with E-state index in [2.05, 4.69) is 4.72 Å². The van der Waals surface area contributed by atoms with E-state index in [9.17, 15) is 13.2 Å². The van der Waals surface area contributed by atoms with Gasteiger partial charge in [0, 0.05) is 0 Å². The fourth-order valence-corrected chi connectivity index (χ4v) is 1.93. The number of nitrogens with one attached hydrogen (secondary N) is 1. The average Bonchev–Trinajstić information content (AvgIpc) is 2.16. The minimum atomic E-state index is -3.46. The second-order valence-electron chi connectivity index (χ2n) is 3.31. The van der Waals surface area contributed by atoms with Crippen LogP contribution in [0, 0.1) is 6.92 Å². The van der Waals surface area contributed by atoms with Crippen LogP contribution >= 0.6 is 0 Å². The van der Waals surface area contributed by atoms with Gasteiger partial charge in [-0.1, -0.05) is 12.1 Å². The normalized spacial score (nSPS) is 11.1. The van der Waals surface area contributed by atoms with Gasteiger partial charge in [-0.3, -0.25) is 4.72 Å². The minimum absolute atomic E-state index is 0.0143. The smallest absolute Gasteiger partial charge is 0.338 e. The first-order valence-corrected chi connectivity index (χ1v) is 6.36. The summed E-state index contributed by atoms with van der Waals surface area (Å²) in [7, 11) is -3.46. The molecule has 0 atom stereocenters. The fourth-order valence-electron chi connectivity index (χ4n) is 1.28.